The molecular formula is C12H14O3S. The van der Waals surface area contributed by atoms with E-state index in [1.165, 1.54) is 0 Å². The molecule has 1 aliphatic rings. The zero-order valence-electron chi connectivity index (χ0n) is 9.10. The Kier molecular flexibility index (Phi) is 3.33. The molecule has 0 bridgehead atoms. The Bertz CT molecular complexity index is 380. The number of ether oxygens (including phenoxy) is 2. The van der Waals surface area contributed by atoms with Crippen LogP contribution in [0.1, 0.15) is 18.1 Å². The van der Waals surface area contributed by atoms with Crippen molar-refractivity contribution in [1.82, 2.24) is 0 Å². The molecule has 0 spiro atoms. The molecule has 2 rings (SSSR count). The van der Waals surface area contributed by atoms with Gasteiger partial charge in [-0.25, -0.2) is 0 Å². The van der Waals surface area contributed by atoms with Crippen molar-refractivity contribution >= 4 is 17.7 Å². The summed E-state index contributed by atoms with van der Waals surface area (Å²) in [7, 11) is 0. The van der Waals surface area contributed by atoms with E-state index in [1.54, 1.807) is 0 Å². The van der Waals surface area contributed by atoms with E-state index in [-0.39, 0.29) is 5.12 Å². The van der Waals surface area contributed by atoms with Gasteiger partial charge in [0.25, 0.3) is 0 Å². The summed E-state index contributed by atoms with van der Waals surface area (Å²) in [6, 6.07) is 7.66. The van der Waals surface area contributed by atoms with E-state index >= 15 is 0 Å². The number of benzene rings is 1. The van der Waals surface area contributed by atoms with Gasteiger partial charge >= 0.3 is 0 Å². The molecule has 4 heteroatoms. The minimum absolute atomic E-state index is 0.132. The number of rotatable bonds is 3. The highest BCUT2D eigenvalue weighted by Gasteiger charge is 2.32. The van der Waals surface area contributed by atoms with Gasteiger partial charge in [0.15, 0.2) is 10.9 Å². The molecule has 0 unspecified atom stereocenters. The van der Waals surface area contributed by atoms with Gasteiger partial charge in [-0.3, -0.25) is 4.79 Å². The van der Waals surface area contributed by atoms with E-state index in [9.17, 15) is 4.79 Å². The monoisotopic (exact) mass is 238 g/mol. The van der Waals surface area contributed by atoms with Gasteiger partial charge in [0.05, 0.1) is 13.2 Å². The molecule has 3 nitrogen and oxygen atoms in total. The summed E-state index contributed by atoms with van der Waals surface area (Å²) in [6.45, 7) is 3.14. The first-order valence-corrected chi connectivity index (χ1v) is 5.64. The molecule has 0 amide bonds. The van der Waals surface area contributed by atoms with E-state index in [1.807, 2.05) is 31.2 Å². The van der Waals surface area contributed by atoms with Gasteiger partial charge < -0.3 is 9.47 Å². The number of hydrogen-bond acceptors (Lipinski definition) is 3. The minimum atomic E-state index is -0.635. The summed E-state index contributed by atoms with van der Waals surface area (Å²) in [5.41, 5.74) is 1.92. The van der Waals surface area contributed by atoms with Gasteiger partial charge in [-0.2, -0.15) is 0 Å². The third kappa shape index (κ3) is 2.45. The van der Waals surface area contributed by atoms with Crippen LogP contribution >= 0.6 is 12.6 Å². The molecule has 1 aromatic carbocycles. The van der Waals surface area contributed by atoms with Crippen molar-refractivity contribution in [2.24, 2.45) is 0 Å². The van der Waals surface area contributed by atoms with Crippen LogP contribution in [-0.4, -0.2) is 18.3 Å². The molecule has 0 atom stereocenters. The standard InChI is InChI=1S/C12H14O3S/c1-12(14-6-7-15-12)10-4-2-9(3-5-10)8-11(13)16/h2-5H,6-8H2,1H3,(H,13,16). The third-order valence-corrected chi connectivity index (χ3v) is 2.83. The van der Waals surface area contributed by atoms with Crippen LogP contribution in [0.3, 0.4) is 0 Å². The Morgan fingerprint density at radius 3 is 2.38 bits per heavy atom. The number of thiol groups is 1. The second-order valence-electron chi connectivity index (χ2n) is 3.91. The summed E-state index contributed by atoms with van der Waals surface area (Å²) in [4.78, 5) is 10.8. The fourth-order valence-corrected chi connectivity index (χ4v) is 1.96. The van der Waals surface area contributed by atoms with Gasteiger partial charge in [-0.1, -0.05) is 24.3 Å². The molecule has 86 valence electrons. The van der Waals surface area contributed by atoms with Crippen molar-refractivity contribution in [2.45, 2.75) is 19.1 Å². The van der Waals surface area contributed by atoms with Crippen LogP contribution in [-0.2, 0) is 26.5 Å². The second kappa shape index (κ2) is 4.57. The third-order valence-electron chi connectivity index (χ3n) is 2.67. The van der Waals surface area contributed by atoms with Gasteiger partial charge in [-0.15, -0.1) is 12.6 Å². The zero-order chi connectivity index (χ0) is 11.6. The molecule has 16 heavy (non-hydrogen) atoms. The van der Waals surface area contributed by atoms with E-state index in [0.29, 0.717) is 19.6 Å². The Hall–Kier alpha value is -0.840. The first kappa shape index (κ1) is 11.6. The summed E-state index contributed by atoms with van der Waals surface area (Å²) in [5, 5.41) is -0.132. The average molecular weight is 238 g/mol. The maximum atomic E-state index is 10.8. The predicted octanol–water partition coefficient (Wildman–Crippen LogP) is 1.91. The van der Waals surface area contributed by atoms with Crippen LogP contribution in [0.25, 0.3) is 0 Å². The highest BCUT2D eigenvalue weighted by molar-refractivity contribution is 7.96. The van der Waals surface area contributed by atoms with Crippen LogP contribution in [0.2, 0.25) is 0 Å². The summed E-state index contributed by atoms with van der Waals surface area (Å²) in [6.07, 6.45) is 0.349. The molecule has 0 saturated carbocycles. The maximum absolute atomic E-state index is 10.8. The smallest absolute Gasteiger partial charge is 0.192 e. The van der Waals surface area contributed by atoms with Crippen molar-refractivity contribution in [3.63, 3.8) is 0 Å². The Balaban J connectivity index is 2.15. The van der Waals surface area contributed by atoms with Gasteiger partial charge in [0, 0.05) is 12.0 Å². The summed E-state index contributed by atoms with van der Waals surface area (Å²) < 4.78 is 11.1. The van der Waals surface area contributed by atoms with Crippen molar-refractivity contribution in [2.75, 3.05) is 13.2 Å². The minimum Gasteiger partial charge on any atom is -0.344 e. The van der Waals surface area contributed by atoms with Crippen molar-refractivity contribution < 1.29 is 14.3 Å². The molecule has 1 heterocycles. The molecular weight excluding hydrogens is 224 g/mol. The highest BCUT2D eigenvalue weighted by Crippen LogP contribution is 2.30. The lowest BCUT2D eigenvalue weighted by atomic mass is 10.0. The lowest BCUT2D eigenvalue weighted by molar-refractivity contribution is -0.149. The molecule has 0 N–H and O–H groups in total. The fraction of sp³-hybridized carbons (Fsp3) is 0.417. The highest BCUT2D eigenvalue weighted by atomic mass is 32.1. The summed E-state index contributed by atoms with van der Waals surface area (Å²) in [5.74, 6) is -0.635. The molecule has 1 fully saturated rings. The van der Waals surface area contributed by atoms with Gasteiger partial charge in [0.1, 0.15) is 0 Å². The predicted molar refractivity (Wildman–Crippen MR) is 63.4 cm³/mol. The van der Waals surface area contributed by atoms with Crippen molar-refractivity contribution in [3.8, 4) is 0 Å². The number of carbonyl (C=O) groups excluding carboxylic acids is 1. The molecule has 1 saturated heterocycles. The van der Waals surface area contributed by atoms with E-state index in [0.717, 1.165) is 11.1 Å². The van der Waals surface area contributed by atoms with Crippen molar-refractivity contribution in [3.05, 3.63) is 35.4 Å². The van der Waals surface area contributed by atoms with Crippen LogP contribution in [0, 0.1) is 0 Å². The lowest BCUT2D eigenvalue weighted by Crippen LogP contribution is -2.22. The summed E-state index contributed by atoms with van der Waals surface area (Å²) >= 11 is 3.75. The van der Waals surface area contributed by atoms with Crippen molar-refractivity contribution in [1.29, 1.82) is 0 Å². The average Bonchev–Trinajstić information content (AvgIpc) is 2.66. The zero-order valence-corrected chi connectivity index (χ0v) is 10.00. The fourth-order valence-electron chi connectivity index (χ4n) is 1.78. The molecule has 1 aliphatic heterocycles. The number of hydrogen-bond donors (Lipinski definition) is 1. The topological polar surface area (TPSA) is 35.5 Å². The Morgan fingerprint density at radius 2 is 1.88 bits per heavy atom. The van der Waals surface area contributed by atoms with Crippen LogP contribution in [0.4, 0.5) is 0 Å². The van der Waals surface area contributed by atoms with Crippen LogP contribution in [0.5, 0.6) is 0 Å². The van der Waals surface area contributed by atoms with Gasteiger partial charge in [-0.05, 0) is 12.5 Å². The quantitative estimate of drug-likeness (QED) is 0.817. The van der Waals surface area contributed by atoms with E-state index < -0.39 is 5.79 Å². The normalized spacial score (nSPS) is 18.6. The first-order chi connectivity index (χ1) is 7.60. The lowest BCUT2D eigenvalue weighted by Gasteiger charge is -2.22. The largest absolute Gasteiger partial charge is 0.344 e. The van der Waals surface area contributed by atoms with Gasteiger partial charge in [0.2, 0.25) is 0 Å². The SMILES string of the molecule is CC1(c2ccc(CC(=O)S)cc2)OCCO1. The van der Waals surface area contributed by atoms with E-state index in [4.69, 9.17) is 9.47 Å². The molecule has 1 aromatic rings. The molecule has 0 aromatic heterocycles. The Morgan fingerprint density at radius 1 is 1.31 bits per heavy atom. The first-order valence-electron chi connectivity index (χ1n) is 5.19. The van der Waals surface area contributed by atoms with Crippen LogP contribution in [0.15, 0.2) is 24.3 Å². The van der Waals surface area contributed by atoms with E-state index in [2.05, 4.69) is 12.6 Å². The second-order valence-corrected chi connectivity index (χ2v) is 4.41. The Labute approximate surface area is 100 Å². The molecule has 0 aliphatic carbocycles. The number of carbonyl (C=O) groups is 1. The maximum Gasteiger partial charge on any atom is 0.192 e. The van der Waals surface area contributed by atoms with Crippen LogP contribution < -0.4 is 0 Å². The molecule has 0 radical (unpaired) electrons.